The van der Waals surface area contributed by atoms with Gasteiger partial charge in [-0.05, 0) is 42.9 Å². The van der Waals surface area contributed by atoms with Gasteiger partial charge in [0.1, 0.15) is 0 Å². The van der Waals surface area contributed by atoms with Gasteiger partial charge < -0.3 is 16.2 Å². The number of halogens is 2. The third-order valence-electron chi connectivity index (χ3n) is 5.36. The summed E-state index contributed by atoms with van der Waals surface area (Å²) in [6, 6.07) is 7.23. The SMILES string of the molecule is CNC(=O)C(Cc1ccc(Cl)cc1)CC(O)[C@@H](N)CC1CCCCC1.Cl. The molecule has 0 aliphatic heterocycles. The van der Waals surface area contributed by atoms with Crippen LogP contribution in [0.3, 0.4) is 0 Å². The van der Waals surface area contributed by atoms with Crippen LogP contribution in [-0.4, -0.2) is 30.2 Å². The highest BCUT2D eigenvalue weighted by Gasteiger charge is 2.27. The summed E-state index contributed by atoms with van der Waals surface area (Å²) in [7, 11) is 1.63. The Hall–Kier alpha value is -0.810. The Morgan fingerprint density at radius 1 is 1.27 bits per heavy atom. The van der Waals surface area contributed by atoms with Gasteiger partial charge in [-0.2, -0.15) is 0 Å². The molecular formula is C20H32Cl2N2O2. The van der Waals surface area contributed by atoms with Crippen molar-refractivity contribution in [1.82, 2.24) is 5.32 Å². The number of hydrogen-bond donors (Lipinski definition) is 3. The predicted molar refractivity (Wildman–Crippen MR) is 110 cm³/mol. The molecule has 0 saturated heterocycles. The van der Waals surface area contributed by atoms with Crippen molar-refractivity contribution < 1.29 is 9.90 Å². The molecule has 2 rings (SSSR count). The Balaban J connectivity index is 0.00000338. The van der Waals surface area contributed by atoms with Gasteiger partial charge in [0.2, 0.25) is 5.91 Å². The highest BCUT2D eigenvalue weighted by molar-refractivity contribution is 6.30. The molecular weight excluding hydrogens is 371 g/mol. The fraction of sp³-hybridized carbons (Fsp3) is 0.650. The lowest BCUT2D eigenvalue weighted by Gasteiger charge is -2.28. The summed E-state index contributed by atoms with van der Waals surface area (Å²) in [5.41, 5.74) is 7.29. The van der Waals surface area contributed by atoms with Crippen molar-refractivity contribution >= 4 is 29.9 Å². The number of rotatable bonds is 8. The first-order valence-corrected chi connectivity index (χ1v) is 9.77. The van der Waals surface area contributed by atoms with Gasteiger partial charge in [-0.3, -0.25) is 4.79 Å². The van der Waals surface area contributed by atoms with E-state index in [0.29, 0.717) is 23.8 Å². The number of aliphatic hydroxyl groups excluding tert-OH is 1. The summed E-state index contributed by atoms with van der Waals surface area (Å²) in [6.45, 7) is 0. The van der Waals surface area contributed by atoms with Crippen LogP contribution >= 0.6 is 24.0 Å². The zero-order valence-electron chi connectivity index (χ0n) is 15.5. The van der Waals surface area contributed by atoms with Crippen molar-refractivity contribution in [2.24, 2.45) is 17.6 Å². The monoisotopic (exact) mass is 402 g/mol. The molecule has 1 fully saturated rings. The smallest absolute Gasteiger partial charge is 0.223 e. The van der Waals surface area contributed by atoms with Crippen molar-refractivity contribution in [1.29, 1.82) is 0 Å². The number of nitrogens with one attached hydrogen (secondary N) is 1. The van der Waals surface area contributed by atoms with Crippen LogP contribution in [0.4, 0.5) is 0 Å². The van der Waals surface area contributed by atoms with E-state index in [9.17, 15) is 9.90 Å². The molecule has 3 atom stereocenters. The fourth-order valence-corrected chi connectivity index (χ4v) is 3.95. The van der Waals surface area contributed by atoms with E-state index in [1.807, 2.05) is 24.3 Å². The van der Waals surface area contributed by atoms with Gasteiger partial charge in [-0.25, -0.2) is 0 Å². The number of aliphatic hydroxyl groups is 1. The van der Waals surface area contributed by atoms with E-state index >= 15 is 0 Å². The predicted octanol–water partition coefficient (Wildman–Crippen LogP) is 3.72. The molecule has 0 radical (unpaired) electrons. The Morgan fingerprint density at radius 3 is 2.46 bits per heavy atom. The lowest BCUT2D eigenvalue weighted by atomic mass is 9.82. The second-order valence-electron chi connectivity index (χ2n) is 7.35. The van der Waals surface area contributed by atoms with Crippen LogP contribution in [0.5, 0.6) is 0 Å². The maximum absolute atomic E-state index is 12.2. The zero-order valence-corrected chi connectivity index (χ0v) is 17.1. The lowest BCUT2D eigenvalue weighted by molar-refractivity contribution is -0.125. The maximum atomic E-state index is 12.2. The van der Waals surface area contributed by atoms with Crippen molar-refractivity contribution in [2.45, 2.75) is 63.5 Å². The second-order valence-corrected chi connectivity index (χ2v) is 7.78. The van der Waals surface area contributed by atoms with Crippen LogP contribution in [0.1, 0.15) is 50.5 Å². The molecule has 4 N–H and O–H groups in total. The number of carbonyl (C=O) groups is 1. The van der Waals surface area contributed by atoms with Gasteiger partial charge >= 0.3 is 0 Å². The molecule has 1 saturated carbocycles. The average Bonchev–Trinajstić information content (AvgIpc) is 2.63. The molecule has 0 spiro atoms. The van der Waals surface area contributed by atoms with Gasteiger partial charge in [-0.1, -0.05) is 55.8 Å². The summed E-state index contributed by atoms with van der Waals surface area (Å²) < 4.78 is 0. The van der Waals surface area contributed by atoms with Crippen molar-refractivity contribution in [3.63, 3.8) is 0 Å². The fourth-order valence-electron chi connectivity index (χ4n) is 3.82. The number of amides is 1. The molecule has 1 aliphatic carbocycles. The van der Waals surface area contributed by atoms with Gasteiger partial charge in [0.15, 0.2) is 0 Å². The molecule has 4 nitrogen and oxygen atoms in total. The van der Waals surface area contributed by atoms with E-state index in [2.05, 4.69) is 5.32 Å². The molecule has 0 heterocycles. The van der Waals surface area contributed by atoms with Crippen LogP contribution in [0.25, 0.3) is 0 Å². The minimum atomic E-state index is -0.656. The summed E-state index contributed by atoms with van der Waals surface area (Å²) in [4.78, 5) is 12.2. The van der Waals surface area contributed by atoms with Crippen LogP contribution in [0.2, 0.25) is 5.02 Å². The first kappa shape index (κ1) is 23.2. The quantitative estimate of drug-likeness (QED) is 0.619. The van der Waals surface area contributed by atoms with Crippen LogP contribution in [0.15, 0.2) is 24.3 Å². The Labute approximate surface area is 168 Å². The highest BCUT2D eigenvalue weighted by Crippen LogP contribution is 2.28. The standard InChI is InChI=1S/C20H31ClN2O2.ClH/c1-23-20(25)16(11-15-7-9-17(21)10-8-15)13-19(24)18(22)12-14-5-3-2-4-6-14;/h7-10,14,16,18-19,24H,2-6,11-13,22H2,1H3,(H,23,25);1H/t16?,18-,19?;/m0./s1. The van der Waals surface area contributed by atoms with E-state index in [-0.39, 0.29) is 30.3 Å². The Bertz CT molecular complexity index is 533. The zero-order chi connectivity index (χ0) is 18.2. The summed E-state index contributed by atoms with van der Waals surface area (Å²) in [5.74, 6) is 0.269. The Morgan fingerprint density at radius 2 is 1.88 bits per heavy atom. The Kier molecular flexibility index (Phi) is 10.6. The first-order chi connectivity index (χ1) is 12.0. The van der Waals surface area contributed by atoms with Crippen LogP contribution in [0, 0.1) is 11.8 Å². The number of carbonyl (C=O) groups excluding carboxylic acids is 1. The van der Waals surface area contributed by atoms with E-state index in [1.54, 1.807) is 7.05 Å². The normalized spacial score (nSPS) is 18.5. The summed E-state index contributed by atoms with van der Waals surface area (Å²) >= 11 is 5.92. The van der Waals surface area contributed by atoms with Crippen LogP contribution < -0.4 is 11.1 Å². The first-order valence-electron chi connectivity index (χ1n) is 9.39. The molecule has 6 heteroatoms. The van der Waals surface area contributed by atoms with Crippen molar-refractivity contribution in [2.75, 3.05) is 7.05 Å². The molecule has 2 unspecified atom stereocenters. The largest absolute Gasteiger partial charge is 0.391 e. The minimum absolute atomic E-state index is 0. The molecule has 1 aliphatic rings. The van der Waals surface area contributed by atoms with E-state index < -0.39 is 6.10 Å². The minimum Gasteiger partial charge on any atom is -0.391 e. The molecule has 26 heavy (non-hydrogen) atoms. The van der Waals surface area contributed by atoms with E-state index in [1.165, 1.54) is 32.1 Å². The van der Waals surface area contributed by atoms with Gasteiger partial charge in [0, 0.05) is 24.0 Å². The molecule has 0 aromatic heterocycles. The van der Waals surface area contributed by atoms with E-state index in [0.717, 1.165) is 12.0 Å². The average molecular weight is 403 g/mol. The van der Waals surface area contributed by atoms with Crippen molar-refractivity contribution in [3.8, 4) is 0 Å². The molecule has 1 aromatic rings. The molecule has 0 bridgehead atoms. The van der Waals surface area contributed by atoms with Crippen molar-refractivity contribution in [3.05, 3.63) is 34.9 Å². The lowest BCUT2D eigenvalue weighted by Crippen LogP contribution is -2.41. The summed E-state index contributed by atoms with van der Waals surface area (Å²) in [5, 5.41) is 13.9. The van der Waals surface area contributed by atoms with Gasteiger partial charge in [0.05, 0.1) is 6.10 Å². The molecule has 1 aromatic carbocycles. The third kappa shape index (κ3) is 7.43. The molecule has 148 valence electrons. The number of nitrogens with two attached hydrogens (primary N) is 1. The van der Waals surface area contributed by atoms with E-state index in [4.69, 9.17) is 17.3 Å². The number of benzene rings is 1. The second kappa shape index (κ2) is 11.8. The number of hydrogen-bond acceptors (Lipinski definition) is 3. The summed E-state index contributed by atoms with van der Waals surface area (Å²) in [6.07, 6.45) is 7.43. The topological polar surface area (TPSA) is 75.3 Å². The highest BCUT2D eigenvalue weighted by atomic mass is 35.5. The van der Waals surface area contributed by atoms with Crippen LogP contribution in [-0.2, 0) is 11.2 Å². The van der Waals surface area contributed by atoms with Gasteiger partial charge in [-0.15, -0.1) is 12.4 Å². The third-order valence-corrected chi connectivity index (χ3v) is 5.62. The molecule has 1 amide bonds. The maximum Gasteiger partial charge on any atom is 0.223 e. The van der Waals surface area contributed by atoms with Gasteiger partial charge in [0.25, 0.3) is 0 Å².